The van der Waals surface area contributed by atoms with Gasteiger partial charge in [-0.15, -0.1) is 0 Å². The standard InChI is InChI=1S/C33H38N6O2/c1-34-21-24-19-25-9-5-8-14-31(25)39(23-24)32(40)30(20-26-22-35-29-13-7-6-12-28(26)29)36-33(41)38-17-15-37(16-18-38)27-10-3-2-4-11-27/h2-14,22,24,30,34-35H,15-21,23H2,1H3,(H,36,41)/t24-,30?/m0/s1. The van der Waals surface area contributed by atoms with Gasteiger partial charge < -0.3 is 30.3 Å². The quantitative estimate of drug-likeness (QED) is 0.325. The van der Waals surface area contributed by atoms with E-state index in [-0.39, 0.29) is 11.9 Å². The molecule has 1 unspecified atom stereocenters. The van der Waals surface area contributed by atoms with Crippen molar-refractivity contribution in [1.82, 2.24) is 20.5 Å². The number of carbonyl (C=O) groups excluding carboxylic acids is 2. The lowest BCUT2D eigenvalue weighted by Crippen LogP contribution is -2.58. The lowest BCUT2D eigenvalue weighted by atomic mass is 9.91. The molecule has 1 saturated heterocycles. The molecule has 3 amide bonds. The van der Waals surface area contributed by atoms with Crippen LogP contribution in [0.4, 0.5) is 16.2 Å². The molecule has 2 aliphatic rings. The van der Waals surface area contributed by atoms with E-state index in [9.17, 15) is 9.59 Å². The summed E-state index contributed by atoms with van der Waals surface area (Å²) >= 11 is 0. The SMILES string of the molecule is CNC[C@@H]1Cc2ccccc2N(C(=O)C(Cc2c[nH]c3ccccc23)NC(=O)N2CCN(c3ccccc3)CC2)C1. The highest BCUT2D eigenvalue weighted by Gasteiger charge is 2.34. The van der Waals surface area contributed by atoms with Crippen LogP contribution in [0.25, 0.3) is 10.9 Å². The second kappa shape index (κ2) is 12.1. The van der Waals surface area contributed by atoms with E-state index in [4.69, 9.17) is 0 Å². The number of aromatic nitrogens is 1. The van der Waals surface area contributed by atoms with E-state index in [2.05, 4.69) is 44.8 Å². The summed E-state index contributed by atoms with van der Waals surface area (Å²) in [5.74, 6) is 0.231. The number of piperazine rings is 1. The zero-order valence-corrected chi connectivity index (χ0v) is 23.6. The Balaban J connectivity index is 1.24. The van der Waals surface area contributed by atoms with Crippen LogP contribution in [0.1, 0.15) is 11.1 Å². The molecule has 41 heavy (non-hydrogen) atoms. The Morgan fingerprint density at radius 3 is 2.46 bits per heavy atom. The lowest BCUT2D eigenvalue weighted by molar-refractivity contribution is -0.120. The van der Waals surface area contributed by atoms with Crippen molar-refractivity contribution in [3.63, 3.8) is 0 Å². The van der Waals surface area contributed by atoms with E-state index >= 15 is 0 Å². The first kappa shape index (κ1) is 26.9. The van der Waals surface area contributed by atoms with E-state index in [1.165, 1.54) is 11.3 Å². The molecule has 3 N–H and O–H groups in total. The molecular weight excluding hydrogens is 512 g/mol. The minimum atomic E-state index is -0.699. The summed E-state index contributed by atoms with van der Waals surface area (Å²) in [5, 5.41) is 7.52. The molecule has 0 saturated carbocycles. The summed E-state index contributed by atoms with van der Waals surface area (Å²) in [4.78, 5) is 37.4. The number of H-pyrrole nitrogens is 1. The van der Waals surface area contributed by atoms with Gasteiger partial charge in [0.25, 0.3) is 0 Å². The molecule has 0 aliphatic carbocycles. The summed E-state index contributed by atoms with van der Waals surface area (Å²) in [5.41, 5.74) is 5.32. The highest BCUT2D eigenvalue weighted by atomic mass is 16.2. The van der Waals surface area contributed by atoms with Crippen LogP contribution in [-0.4, -0.2) is 74.2 Å². The molecule has 0 bridgehead atoms. The summed E-state index contributed by atoms with van der Waals surface area (Å²) in [6, 6.07) is 25.6. The number of carbonyl (C=O) groups is 2. The third-order valence-corrected chi connectivity index (χ3v) is 8.37. The Morgan fingerprint density at radius 2 is 1.66 bits per heavy atom. The molecule has 1 aromatic heterocycles. The molecule has 4 aromatic rings. The van der Waals surface area contributed by atoms with Crippen LogP contribution < -0.4 is 20.4 Å². The van der Waals surface area contributed by atoms with E-state index in [0.717, 1.165) is 48.2 Å². The molecule has 8 heteroatoms. The van der Waals surface area contributed by atoms with Crippen LogP contribution >= 0.6 is 0 Å². The number of nitrogens with one attached hydrogen (secondary N) is 3. The van der Waals surface area contributed by atoms with Crippen LogP contribution in [0.5, 0.6) is 0 Å². The van der Waals surface area contributed by atoms with Crippen molar-refractivity contribution in [2.75, 3.05) is 56.1 Å². The van der Waals surface area contributed by atoms with Crippen molar-refractivity contribution < 1.29 is 9.59 Å². The largest absolute Gasteiger partial charge is 0.368 e. The summed E-state index contributed by atoms with van der Waals surface area (Å²) in [6.45, 7) is 4.15. The minimum absolute atomic E-state index is 0.0696. The number of rotatable bonds is 7. The normalized spacial score (nSPS) is 17.8. The highest BCUT2D eigenvalue weighted by molar-refractivity contribution is 6.00. The number of aromatic amines is 1. The molecule has 8 nitrogen and oxygen atoms in total. The van der Waals surface area contributed by atoms with Crippen molar-refractivity contribution in [3.05, 3.63) is 96.2 Å². The molecule has 2 aliphatic heterocycles. The predicted octanol–water partition coefficient (Wildman–Crippen LogP) is 4.04. The molecule has 3 heterocycles. The van der Waals surface area contributed by atoms with Gasteiger partial charge in [0, 0.05) is 67.6 Å². The van der Waals surface area contributed by atoms with Gasteiger partial charge in [-0.1, -0.05) is 54.6 Å². The summed E-state index contributed by atoms with van der Waals surface area (Å²) < 4.78 is 0. The fraction of sp³-hybridized carbons (Fsp3) is 0.333. The van der Waals surface area contributed by atoms with Gasteiger partial charge in [0.15, 0.2) is 0 Å². The Morgan fingerprint density at radius 1 is 0.927 bits per heavy atom. The number of urea groups is 1. The van der Waals surface area contributed by atoms with Gasteiger partial charge >= 0.3 is 6.03 Å². The van der Waals surface area contributed by atoms with Gasteiger partial charge in [0.2, 0.25) is 5.91 Å². The molecule has 0 spiro atoms. The van der Waals surface area contributed by atoms with Gasteiger partial charge in [0.1, 0.15) is 6.04 Å². The third-order valence-electron chi connectivity index (χ3n) is 8.37. The minimum Gasteiger partial charge on any atom is -0.368 e. The topological polar surface area (TPSA) is 83.7 Å². The average Bonchev–Trinajstić information content (AvgIpc) is 3.43. The summed E-state index contributed by atoms with van der Waals surface area (Å²) in [7, 11) is 1.95. The van der Waals surface area contributed by atoms with Crippen LogP contribution in [0.2, 0.25) is 0 Å². The van der Waals surface area contributed by atoms with Crippen molar-refractivity contribution in [2.45, 2.75) is 18.9 Å². The molecular formula is C33H38N6O2. The van der Waals surface area contributed by atoms with E-state index < -0.39 is 6.04 Å². The number of fused-ring (bicyclic) bond motifs is 2. The number of hydrogen-bond acceptors (Lipinski definition) is 4. The van der Waals surface area contributed by atoms with Crippen molar-refractivity contribution in [1.29, 1.82) is 0 Å². The number of benzene rings is 3. The fourth-order valence-electron chi connectivity index (χ4n) is 6.27. The van der Waals surface area contributed by atoms with Crippen molar-refractivity contribution in [3.8, 4) is 0 Å². The third kappa shape index (κ3) is 5.79. The van der Waals surface area contributed by atoms with Gasteiger partial charge in [-0.05, 0) is 61.3 Å². The molecule has 6 rings (SSSR count). The van der Waals surface area contributed by atoms with Gasteiger partial charge in [-0.25, -0.2) is 4.79 Å². The highest BCUT2D eigenvalue weighted by Crippen LogP contribution is 2.31. The number of para-hydroxylation sites is 3. The van der Waals surface area contributed by atoms with Crippen molar-refractivity contribution in [2.24, 2.45) is 5.92 Å². The van der Waals surface area contributed by atoms with Crippen LogP contribution in [0.15, 0.2) is 85.1 Å². The number of amides is 3. The first-order chi connectivity index (χ1) is 20.1. The second-order valence-electron chi connectivity index (χ2n) is 11.1. The Labute approximate surface area is 241 Å². The average molecular weight is 551 g/mol. The lowest BCUT2D eigenvalue weighted by Gasteiger charge is -2.38. The van der Waals surface area contributed by atoms with Crippen LogP contribution in [0, 0.1) is 5.92 Å². The van der Waals surface area contributed by atoms with Gasteiger partial charge in [-0.2, -0.15) is 0 Å². The zero-order valence-electron chi connectivity index (χ0n) is 23.6. The fourth-order valence-corrected chi connectivity index (χ4v) is 6.27. The Bertz CT molecular complexity index is 1490. The first-order valence-electron chi connectivity index (χ1n) is 14.5. The second-order valence-corrected chi connectivity index (χ2v) is 11.1. The smallest absolute Gasteiger partial charge is 0.318 e. The van der Waals surface area contributed by atoms with Crippen molar-refractivity contribution >= 4 is 34.2 Å². The predicted molar refractivity (Wildman–Crippen MR) is 164 cm³/mol. The maximum Gasteiger partial charge on any atom is 0.318 e. The molecule has 2 atom stereocenters. The first-order valence-corrected chi connectivity index (χ1v) is 14.5. The van der Waals surface area contributed by atoms with E-state index in [1.54, 1.807) is 0 Å². The maximum absolute atomic E-state index is 14.4. The summed E-state index contributed by atoms with van der Waals surface area (Å²) in [6.07, 6.45) is 3.30. The zero-order chi connectivity index (χ0) is 28.2. The molecule has 1 fully saturated rings. The Kier molecular flexibility index (Phi) is 7.91. The van der Waals surface area contributed by atoms with Gasteiger partial charge in [0.05, 0.1) is 0 Å². The number of anilines is 2. The molecule has 0 radical (unpaired) electrons. The van der Waals surface area contributed by atoms with E-state index in [0.29, 0.717) is 32.0 Å². The van der Waals surface area contributed by atoms with Crippen LogP contribution in [-0.2, 0) is 17.6 Å². The number of hydrogen-bond donors (Lipinski definition) is 3. The monoisotopic (exact) mass is 550 g/mol. The molecule has 3 aromatic carbocycles. The van der Waals surface area contributed by atoms with Crippen LogP contribution in [0.3, 0.4) is 0 Å². The molecule has 212 valence electrons. The van der Waals surface area contributed by atoms with E-state index in [1.807, 2.05) is 77.6 Å². The van der Waals surface area contributed by atoms with Gasteiger partial charge in [-0.3, -0.25) is 4.79 Å². The maximum atomic E-state index is 14.4. The Hall–Kier alpha value is -4.30. The number of nitrogens with zero attached hydrogens (tertiary/aromatic N) is 3.